The monoisotopic (exact) mass is 351 g/mol. The molecule has 1 aliphatic carbocycles. The molecule has 1 saturated carbocycles. The van der Waals surface area contributed by atoms with Crippen molar-refractivity contribution in [1.82, 2.24) is 0 Å². The Balaban J connectivity index is 1.86. The minimum absolute atomic E-state index is 0.0136. The molecule has 0 atom stereocenters. The number of nitrogens with two attached hydrogens (primary N) is 2. The van der Waals surface area contributed by atoms with E-state index >= 15 is 0 Å². The zero-order chi connectivity index (χ0) is 18.7. The third-order valence-electron chi connectivity index (χ3n) is 4.19. The summed E-state index contributed by atoms with van der Waals surface area (Å²) in [5.74, 6) is -0.409. The number of nitrogen functional groups attached to an aromatic ring is 1. The third kappa shape index (κ3) is 3.91. The Morgan fingerprint density at radius 2 is 1.88 bits per heavy atom. The van der Waals surface area contributed by atoms with E-state index in [1.165, 1.54) is 0 Å². The van der Waals surface area contributed by atoms with Crippen LogP contribution in [-0.2, 0) is 9.53 Å². The molecule has 0 spiro atoms. The van der Waals surface area contributed by atoms with Crippen LogP contribution in [0.3, 0.4) is 0 Å². The standard InChI is InChI=1S/C20H21N3O3/c1-2-26-20(25)15-5-3-4-13(10-15)14-8-9-16(17(21)11-14)18(22)23-19(24)12-6-7-12/h3-5,8-12H,2,6-7,21H2,1H3,(H2,22,23,24). The maximum atomic E-state index is 11.9. The van der Waals surface area contributed by atoms with Gasteiger partial charge in [0, 0.05) is 17.2 Å². The zero-order valence-electron chi connectivity index (χ0n) is 14.6. The predicted molar refractivity (Wildman–Crippen MR) is 101 cm³/mol. The summed E-state index contributed by atoms with van der Waals surface area (Å²) in [7, 11) is 0. The molecule has 0 aromatic heterocycles. The van der Waals surface area contributed by atoms with Gasteiger partial charge in [-0.25, -0.2) is 4.79 Å². The Morgan fingerprint density at radius 3 is 2.54 bits per heavy atom. The molecule has 6 heteroatoms. The number of esters is 1. The lowest BCUT2D eigenvalue weighted by atomic mass is 10.00. The summed E-state index contributed by atoms with van der Waals surface area (Å²) in [6.45, 7) is 2.09. The Labute approximate surface area is 151 Å². The average Bonchev–Trinajstić information content (AvgIpc) is 3.47. The van der Waals surface area contributed by atoms with Gasteiger partial charge in [-0.3, -0.25) is 4.79 Å². The van der Waals surface area contributed by atoms with Gasteiger partial charge in [-0.05, 0) is 55.2 Å². The number of carbonyl (C=O) groups excluding carboxylic acids is 2. The van der Waals surface area contributed by atoms with Gasteiger partial charge in [-0.15, -0.1) is 0 Å². The molecule has 26 heavy (non-hydrogen) atoms. The SMILES string of the molecule is CCOC(=O)c1cccc(-c2ccc(C(N)=NC(=O)C3CC3)c(N)c2)c1. The molecule has 1 amide bonds. The number of carbonyl (C=O) groups is 2. The van der Waals surface area contributed by atoms with Crippen molar-refractivity contribution in [1.29, 1.82) is 0 Å². The van der Waals surface area contributed by atoms with Crippen LogP contribution in [0.15, 0.2) is 47.5 Å². The van der Waals surface area contributed by atoms with Gasteiger partial charge in [-0.2, -0.15) is 4.99 Å². The fourth-order valence-corrected chi connectivity index (χ4v) is 2.62. The molecule has 2 aromatic carbocycles. The molecule has 4 N–H and O–H groups in total. The fraction of sp³-hybridized carbons (Fsp3) is 0.250. The molecule has 1 aliphatic rings. The number of benzene rings is 2. The highest BCUT2D eigenvalue weighted by Crippen LogP contribution is 2.30. The number of anilines is 1. The summed E-state index contributed by atoms with van der Waals surface area (Å²) >= 11 is 0. The number of amides is 1. The quantitative estimate of drug-likeness (QED) is 0.373. The summed E-state index contributed by atoms with van der Waals surface area (Å²) in [4.78, 5) is 27.6. The van der Waals surface area contributed by atoms with Gasteiger partial charge in [0.05, 0.1) is 12.2 Å². The van der Waals surface area contributed by atoms with Crippen LogP contribution in [0.5, 0.6) is 0 Å². The molecule has 0 radical (unpaired) electrons. The van der Waals surface area contributed by atoms with Crippen LogP contribution in [0, 0.1) is 5.92 Å². The van der Waals surface area contributed by atoms with Gasteiger partial charge < -0.3 is 16.2 Å². The highest BCUT2D eigenvalue weighted by atomic mass is 16.5. The molecule has 0 saturated heterocycles. The van der Waals surface area contributed by atoms with Crippen molar-refractivity contribution in [2.45, 2.75) is 19.8 Å². The van der Waals surface area contributed by atoms with E-state index in [1.807, 2.05) is 12.1 Å². The van der Waals surface area contributed by atoms with Gasteiger partial charge in [0.25, 0.3) is 5.91 Å². The van der Waals surface area contributed by atoms with E-state index in [0.29, 0.717) is 23.4 Å². The first-order valence-electron chi connectivity index (χ1n) is 8.55. The van der Waals surface area contributed by atoms with Crippen LogP contribution in [0.1, 0.15) is 35.7 Å². The van der Waals surface area contributed by atoms with Crippen molar-refractivity contribution in [2.24, 2.45) is 16.6 Å². The number of rotatable bonds is 5. The molecule has 2 aromatic rings. The third-order valence-corrected chi connectivity index (χ3v) is 4.19. The zero-order valence-corrected chi connectivity index (χ0v) is 14.6. The van der Waals surface area contributed by atoms with E-state index in [4.69, 9.17) is 16.2 Å². The first kappa shape index (κ1) is 17.7. The molecule has 3 rings (SSSR count). The van der Waals surface area contributed by atoms with Crippen molar-refractivity contribution in [3.63, 3.8) is 0 Å². The lowest BCUT2D eigenvalue weighted by molar-refractivity contribution is -0.118. The van der Waals surface area contributed by atoms with Gasteiger partial charge in [0.1, 0.15) is 5.84 Å². The first-order chi connectivity index (χ1) is 12.5. The van der Waals surface area contributed by atoms with E-state index in [9.17, 15) is 9.59 Å². The molecule has 1 fully saturated rings. The lowest BCUT2D eigenvalue weighted by Gasteiger charge is -2.09. The Bertz CT molecular complexity index is 886. The number of hydrogen-bond donors (Lipinski definition) is 2. The maximum absolute atomic E-state index is 11.9. The summed E-state index contributed by atoms with van der Waals surface area (Å²) in [6, 6.07) is 12.4. The molecular weight excluding hydrogens is 330 g/mol. The topological polar surface area (TPSA) is 108 Å². The van der Waals surface area contributed by atoms with E-state index in [0.717, 1.165) is 24.0 Å². The first-order valence-corrected chi connectivity index (χ1v) is 8.55. The van der Waals surface area contributed by atoms with Crippen LogP contribution >= 0.6 is 0 Å². The Hall–Kier alpha value is -3.15. The van der Waals surface area contributed by atoms with Crippen LogP contribution in [0.25, 0.3) is 11.1 Å². The van der Waals surface area contributed by atoms with Crippen molar-refractivity contribution in [3.8, 4) is 11.1 Å². The van der Waals surface area contributed by atoms with Gasteiger partial charge in [0.2, 0.25) is 0 Å². The number of ether oxygens (including phenoxy) is 1. The summed E-state index contributed by atoms with van der Waals surface area (Å²) in [6.07, 6.45) is 1.75. The van der Waals surface area contributed by atoms with Crippen LogP contribution in [0.4, 0.5) is 5.69 Å². The summed E-state index contributed by atoms with van der Waals surface area (Å²) in [5.41, 5.74) is 15.1. The van der Waals surface area contributed by atoms with Gasteiger partial charge in [0.15, 0.2) is 0 Å². The Kier molecular flexibility index (Phi) is 5.02. The second-order valence-corrected chi connectivity index (χ2v) is 6.21. The van der Waals surface area contributed by atoms with Crippen molar-refractivity contribution >= 4 is 23.4 Å². The number of hydrogen-bond acceptors (Lipinski definition) is 4. The van der Waals surface area contributed by atoms with Crippen LogP contribution in [-0.4, -0.2) is 24.3 Å². The minimum atomic E-state index is -0.367. The van der Waals surface area contributed by atoms with E-state index in [1.54, 1.807) is 37.3 Å². The largest absolute Gasteiger partial charge is 0.462 e. The lowest BCUT2D eigenvalue weighted by Crippen LogP contribution is -2.18. The second-order valence-electron chi connectivity index (χ2n) is 6.21. The maximum Gasteiger partial charge on any atom is 0.338 e. The Morgan fingerprint density at radius 1 is 1.15 bits per heavy atom. The van der Waals surface area contributed by atoms with Gasteiger partial charge in [-0.1, -0.05) is 18.2 Å². The smallest absolute Gasteiger partial charge is 0.338 e. The molecule has 0 unspecified atom stereocenters. The summed E-state index contributed by atoms with van der Waals surface area (Å²) in [5, 5.41) is 0. The summed E-state index contributed by atoms with van der Waals surface area (Å²) < 4.78 is 5.03. The number of amidine groups is 1. The van der Waals surface area contributed by atoms with Gasteiger partial charge >= 0.3 is 5.97 Å². The molecular formula is C20H21N3O3. The van der Waals surface area contributed by atoms with Crippen LogP contribution < -0.4 is 11.5 Å². The van der Waals surface area contributed by atoms with Crippen molar-refractivity contribution in [3.05, 3.63) is 53.6 Å². The predicted octanol–water partition coefficient (Wildman–Crippen LogP) is 2.75. The molecule has 0 aliphatic heterocycles. The second kappa shape index (κ2) is 7.39. The van der Waals surface area contributed by atoms with E-state index in [2.05, 4.69) is 4.99 Å². The minimum Gasteiger partial charge on any atom is -0.462 e. The number of aliphatic imine (C=N–C) groups is 1. The van der Waals surface area contributed by atoms with E-state index in [-0.39, 0.29) is 23.6 Å². The number of nitrogens with zero attached hydrogens (tertiary/aromatic N) is 1. The molecule has 134 valence electrons. The fourth-order valence-electron chi connectivity index (χ4n) is 2.62. The van der Waals surface area contributed by atoms with Crippen LogP contribution in [0.2, 0.25) is 0 Å². The van der Waals surface area contributed by atoms with E-state index < -0.39 is 0 Å². The molecule has 0 bridgehead atoms. The average molecular weight is 351 g/mol. The highest BCUT2D eigenvalue weighted by molar-refractivity contribution is 6.08. The van der Waals surface area contributed by atoms with Crippen molar-refractivity contribution < 1.29 is 14.3 Å². The molecule has 6 nitrogen and oxygen atoms in total. The highest BCUT2D eigenvalue weighted by Gasteiger charge is 2.29. The van der Waals surface area contributed by atoms with Crippen molar-refractivity contribution in [2.75, 3.05) is 12.3 Å². The molecule has 0 heterocycles. The normalized spacial score (nSPS) is 14.1.